The van der Waals surface area contributed by atoms with Crippen LogP contribution in [0.25, 0.3) is 0 Å². The van der Waals surface area contributed by atoms with Crippen molar-refractivity contribution in [3.63, 3.8) is 0 Å². The molecule has 5 nitrogen and oxygen atoms in total. The topological polar surface area (TPSA) is 64.8 Å². The summed E-state index contributed by atoms with van der Waals surface area (Å²) in [6.45, 7) is 4.64. The van der Waals surface area contributed by atoms with Crippen molar-refractivity contribution in [3.8, 4) is 11.5 Å². The minimum absolute atomic E-state index is 0.0606. The zero-order chi connectivity index (χ0) is 14.7. The van der Waals surface area contributed by atoms with Crippen molar-refractivity contribution in [3.05, 3.63) is 23.8 Å². The fourth-order valence-corrected chi connectivity index (χ4v) is 2.11. The molecule has 0 spiro atoms. The number of hydrogen-bond donors (Lipinski definition) is 1. The summed E-state index contributed by atoms with van der Waals surface area (Å²) in [6.07, 6.45) is 0.518. The van der Waals surface area contributed by atoms with Crippen molar-refractivity contribution >= 4 is 23.1 Å². The molecule has 0 atom stereocenters. The second-order valence-electron chi connectivity index (χ2n) is 4.88. The largest absolute Gasteiger partial charge is 0.454 e. The van der Waals surface area contributed by atoms with Gasteiger partial charge in [0.1, 0.15) is 0 Å². The van der Waals surface area contributed by atoms with E-state index in [0.29, 0.717) is 35.0 Å². The van der Waals surface area contributed by atoms with Gasteiger partial charge in [-0.2, -0.15) is 0 Å². The van der Waals surface area contributed by atoms with Crippen molar-refractivity contribution in [1.82, 2.24) is 4.90 Å². The Morgan fingerprint density at radius 2 is 2.10 bits per heavy atom. The molecule has 1 aliphatic heterocycles. The number of amides is 1. The Bertz CT molecular complexity index is 531. The van der Waals surface area contributed by atoms with Gasteiger partial charge >= 0.3 is 0 Å². The Morgan fingerprint density at radius 1 is 1.40 bits per heavy atom. The minimum Gasteiger partial charge on any atom is -0.454 e. The number of thiocarbonyl (C=S) groups is 1. The van der Waals surface area contributed by atoms with Crippen LogP contribution < -0.4 is 15.2 Å². The zero-order valence-corrected chi connectivity index (χ0v) is 12.4. The first-order chi connectivity index (χ1) is 9.49. The van der Waals surface area contributed by atoms with E-state index in [-0.39, 0.29) is 18.7 Å². The monoisotopic (exact) mass is 294 g/mol. The van der Waals surface area contributed by atoms with Gasteiger partial charge in [0, 0.05) is 24.6 Å². The zero-order valence-electron chi connectivity index (χ0n) is 11.6. The molecule has 2 rings (SSSR count). The molecule has 1 aromatic rings. The van der Waals surface area contributed by atoms with Crippen LogP contribution >= 0.6 is 12.2 Å². The molecule has 0 fully saturated rings. The van der Waals surface area contributed by atoms with Crippen LogP contribution in [0.4, 0.5) is 0 Å². The van der Waals surface area contributed by atoms with Crippen LogP contribution in [0.2, 0.25) is 0 Å². The van der Waals surface area contributed by atoms with Gasteiger partial charge in [-0.1, -0.05) is 12.2 Å². The quantitative estimate of drug-likeness (QED) is 0.841. The van der Waals surface area contributed by atoms with E-state index < -0.39 is 0 Å². The highest BCUT2D eigenvalue weighted by Gasteiger charge is 2.22. The van der Waals surface area contributed by atoms with E-state index >= 15 is 0 Å². The SMILES string of the molecule is CC(C)N(CCC(N)=S)C(=O)c1ccc2c(c1)OCO2. The summed E-state index contributed by atoms with van der Waals surface area (Å²) in [4.78, 5) is 14.7. The van der Waals surface area contributed by atoms with Crippen LogP contribution in [0.3, 0.4) is 0 Å². The second-order valence-corrected chi connectivity index (χ2v) is 5.40. The number of nitrogens with zero attached hydrogens (tertiary/aromatic N) is 1. The molecule has 0 aliphatic carbocycles. The van der Waals surface area contributed by atoms with Gasteiger partial charge in [0.05, 0.1) is 4.99 Å². The summed E-state index contributed by atoms with van der Waals surface area (Å²) < 4.78 is 10.5. The highest BCUT2D eigenvalue weighted by molar-refractivity contribution is 7.80. The van der Waals surface area contributed by atoms with E-state index in [2.05, 4.69) is 0 Å². The Morgan fingerprint density at radius 3 is 2.75 bits per heavy atom. The lowest BCUT2D eigenvalue weighted by Gasteiger charge is -2.26. The summed E-state index contributed by atoms with van der Waals surface area (Å²) in [6, 6.07) is 5.27. The van der Waals surface area contributed by atoms with Crippen LogP contribution in [0.15, 0.2) is 18.2 Å². The lowest BCUT2D eigenvalue weighted by molar-refractivity contribution is 0.0711. The first kappa shape index (κ1) is 14.6. The van der Waals surface area contributed by atoms with E-state index in [1.54, 1.807) is 23.1 Å². The number of rotatable bonds is 5. The number of carbonyl (C=O) groups excluding carboxylic acids is 1. The van der Waals surface area contributed by atoms with E-state index in [4.69, 9.17) is 27.4 Å². The van der Waals surface area contributed by atoms with E-state index in [0.717, 1.165) is 0 Å². The Kier molecular flexibility index (Phi) is 4.44. The number of nitrogens with two attached hydrogens (primary N) is 1. The van der Waals surface area contributed by atoms with E-state index in [1.807, 2.05) is 13.8 Å². The van der Waals surface area contributed by atoms with E-state index in [1.165, 1.54) is 0 Å². The first-order valence-corrected chi connectivity index (χ1v) is 6.89. The average molecular weight is 294 g/mol. The van der Waals surface area contributed by atoms with Crippen LogP contribution in [-0.2, 0) is 0 Å². The van der Waals surface area contributed by atoms with Crippen molar-refractivity contribution in [1.29, 1.82) is 0 Å². The van der Waals surface area contributed by atoms with Gasteiger partial charge in [-0.25, -0.2) is 0 Å². The Labute approximate surface area is 123 Å². The summed E-state index contributed by atoms with van der Waals surface area (Å²) in [7, 11) is 0. The van der Waals surface area contributed by atoms with Crippen molar-refractivity contribution in [2.24, 2.45) is 5.73 Å². The molecule has 0 radical (unpaired) electrons. The molecule has 0 unspecified atom stereocenters. The van der Waals surface area contributed by atoms with Crippen molar-refractivity contribution < 1.29 is 14.3 Å². The highest BCUT2D eigenvalue weighted by atomic mass is 32.1. The summed E-state index contributed by atoms with van der Waals surface area (Å²) >= 11 is 4.87. The molecule has 1 amide bonds. The maximum atomic E-state index is 12.5. The van der Waals surface area contributed by atoms with Crippen LogP contribution in [0, 0.1) is 0 Å². The van der Waals surface area contributed by atoms with Crippen LogP contribution in [0.5, 0.6) is 11.5 Å². The molecule has 20 heavy (non-hydrogen) atoms. The minimum atomic E-state index is -0.0606. The van der Waals surface area contributed by atoms with Gasteiger partial charge in [-0.05, 0) is 32.0 Å². The molecule has 6 heteroatoms. The van der Waals surface area contributed by atoms with Gasteiger partial charge in [0.2, 0.25) is 6.79 Å². The predicted molar refractivity (Wildman–Crippen MR) is 80.1 cm³/mol. The standard InChI is InChI=1S/C14H18N2O3S/c1-9(2)16(6-5-13(15)20)14(17)10-3-4-11-12(7-10)19-8-18-11/h3-4,7,9H,5-6,8H2,1-2H3,(H2,15,20). The molecular formula is C14H18N2O3S. The number of hydrogen-bond acceptors (Lipinski definition) is 4. The molecule has 0 saturated heterocycles. The lowest BCUT2D eigenvalue weighted by Crippen LogP contribution is -2.38. The number of carbonyl (C=O) groups is 1. The Hall–Kier alpha value is -1.82. The fraction of sp³-hybridized carbons (Fsp3) is 0.429. The van der Waals surface area contributed by atoms with Crippen LogP contribution in [0.1, 0.15) is 30.6 Å². The molecule has 2 N–H and O–H groups in total. The van der Waals surface area contributed by atoms with Gasteiger partial charge in [-0.15, -0.1) is 0 Å². The summed E-state index contributed by atoms with van der Waals surface area (Å²) in [5.41, 5.74) is 6.09. The van der Waals surface area contributed by atoms with Crippen LogP contribution in [-0.4, -0.2) is 35.2 Å². The third-order valence-electron chi connectivity index (χ3n) is 3.10. The van der Waals surface area contributed by atoms with E-state index in [9.17, 15) is 4.79 Å². The lowest BCUT2D eigenvalue weighted by atomic mass is 10.1. The number of ether oxygens (including phenoxy) is 2. The number of fused-ring (bicyclic) bond motifs is 1. The highest BCUT2D eigenvalue weighted by Crippen LogP contribution is 2.32. The maximum Gasteiger partial charge on any atom is 0.254 e. The second kappa shape index (κ2) is 6.09. The molecular weight excluding hydrogens is 276 g/mol. The van der Waals surface area contributed by atoms with Crippen molar-refractivity contribution in [2.45, 2.75) is 26.3 Å². The molecule has 1 aromatic carbocycles. The number of benzene rings is 1. The molecule has 0 saturated carbocycles. The fourth-order valence-electron chi connectivity index (χ4n) is 2.02. The van der Waals surface area contributed by atoms with Gasteiger partial charge in [-0.3, -0.25) is 4.79 Å². The molecule has 108 valence electrons. The molecule has 0 aromatic heterocycles. The molecule has 1 heterocycles. The van der Waals surface area contributed by atoms with Gasteiger partial charge in [0.25, 0.3) is 5.91 Å². The predicted octanol–water partition coefficient (Wildman–Crippen LogP) is 1.94. The maximum absolute atomic E-state index is 12.5. The van der Waals surface area contributed by atoms with Gasteiger partial charge in [0.15, 0.2) is 11.5 Å². The van der Waals surface area contributed by atoms with Crippen molar-refractivity contribution in [2.75, 3.05) is 13.3 Å². The molecule has 1 aliphatic rings. The average Bonchev–Trinajstić information content (AvgIpc) is 2.84. The summed E-state index contributed by atoms with van der Waals surface area (Å²) in [5.74, 6) is 1.21. The summed E-state index contributed by atoms with van der Waals surface area (Å²) in [5, 5.41) is 0. The molecule has 0 bridgehead atoms. The normalized spacial score (nSPS) is 12.6. The third kappa shape index (κ3) is 3.19. The smallest absolute Gasteiger partial charge is 0.254 e. The third-order valence-corrected chi connectivity index (χ3v) is 3.31. The Balaban J connectivity index is 2.16. The first-order valence-electron chi connectivity index (χ1n) is 6.48. The van der Waals surface area contributed by atoms with Gasteiger partial charge < -0.3 is 20.1 Å².